The Kier molecular flexibility index (Phi) is 7.60. The Morgan fingerprint density at radius 3 is 2.40 bits per heavy atom. The van der Waals surface area contributed by atoms with Crippen molar-refractivity contribution in [1.82, 2.24) is 4.90 Å². The van der Waals surface area contributed by atoms with Crippen LogP contribution >= 0.6 is 0 Å². The Balaban J connectivity index is 2.17. The van der Waals surface area contributed by atoms with Crippen LogP contribution in [0.4, 0.5) is 18.9 Å². The van der Waals surface area contributed by atoms with Gasteiger partial charge in [0.05, 0.1) is 11.4 Å². The minimum atomic E-state index is -3.30. The Bertz CT molecular complexity index is 1060. The van der Waals surface area contributed by atoms with E-state index in [1.54, 1.807) is 13.0 Å². The molecule has 0 aliphatic carbocycles. The van der Waals surface area contributed by atoms with Crippen molar-refractivity contribution < 1.29 is 31.2 Å². The number of amides is 2. The van der Waals surface area contributed by atoms with Gasteiger partial charge in [-0.1, -0.05) is 19.1 Å². The van der Waals surface area contributed by atoms with Crippen LogP contribution in [0.1, 0.15) is 29.3 Å². The highest BCUT2D eigenvalue weighted by molar-refractivity contribution is 7.89. The molecule has 1 N–H and O–H groups in total. The highest BCUT2D eigenvalue weighted by atomic mass is 32.2. The van der Waals surface area contributed by atoms with E-state index in [9.17, 15) is 31.2 Å². The molecule has 10 heteroatoms. The standard InChI is InChI=1S/C20H21F3N2O4S/c1-3-9-25(11-17(26)24-16-8-7-15(21)18(22)19(16)23)20(27)14-6-4-5-13(10-14)12-30(2,28)29/h4-8,10H,3,9,11-12H2,1-2H3,(H,24,26). The van der Waals surface area contributed by atoms with Crippen molar-refractivity contribution in [1.29, 1.82) is 0 Å². The molecule has 0 aliphatic heterocycles. The predicted octanol–water partition coefficient (Wildman–Crippen LogP) is 3.14. The van der Waals surface area contributed by atoms with Crippen LogP contribution in [-0.4, -0.2) is 44.5 Å². The van der Waals surface area contributed by atoms with Crippen LogP contribution in [0.3, 0.4) is 0 Å². The summed E-state index contributed by atoms with van der Waals surface area (Å²) >= 11 is 0. The van der Waals surface area contributed by atoms with Gasteiger partial charge in [0, 0.05) is 18.4 Å². The van der Waals surface area contributed by atoms with Crippen LogP contribution in [0.25, 0.3) is 0 Å². The molecule has 162 valence electrons. The monoisotopic (exact) mass is 442 g/mol. The molecule has 0 saturated heterocycles. The van der Waals surface area contributed by atoms with E-state index < -0.39 is 51.3 Å². The molecule has 0 bridgehead atoms. The smallest absolute Gasteiger partial charge is 0.254 e. The van der Waals surface area contributed by atoms with Gasteiger partial charge in [-0.05, 0) is 36.2 Å². The molecule has 0 atom stereocenters. The van der Waals surface area contributed by atoms with Gasteiger partial charge < -0.3 is 10.2 Å². The molecule has 2 amide bonds. The lowest BCUT2D eigenvalue weighted by Gasteiger charge is -2.22. The first-order valence-corrected chi connectivity index (χ1v) is 11.1. The van der Waals surface area contributed by atoms with Crippen LogP contribution < -0.4 is 5.32 Å². The maximum atomic E-state index is 13.8. The molecular weight excluding hydrogens is 421 g/mol. The van der Waals surface area contributed by atoms with Gasteiger partial charge in [0.2, 0.25) is 5.91 Å². The third-order valence-corrected chi connectivity index (χ3v) is 4.88. The fourth-order valence-electron chi connectivity index (χ4n) is 2.79. The highest BCUT2D eigenvalue weighted by Crippen LogP contribution is 2.19. The van der Waals surface area contributed by atoms with Gasteiger partial charge in [0.1, 0.15) is 6.54 Å². The van der Waals surface area contributed by atoms with E-state index >= 15 is 0 Å². The van der Waals surface area contributed by atoms with E-state index in [1.165, 1.54) is 23.1 Å². The SMILES string of the molecule is CCCN(CC(=O)Nc1ccc(F)c(F)c1F)C(=O)c1cccc(CS(C)(=O)=O)c1. The second kappa shape index (κ2) is 9.75. The lowest BCUT2D eigenvalue weighted by atomic mass is 10.1. The third-order valence-electron chi connectivity index (χ3n) is 4.03. The first-order chi connectivity index (χ1) is 14.0. The van der Waals surface area contributed by atoms with Crippen molar-refractivity contribution >= 4 is 27.3 Å². The topological polar surface area (TPSA) is 83.6 Å². The summed E-state index contributed by atoms with van der Waals surface area (Å²) < 4.78 is 63.1. The molecule has 2 rings (SSSR count). The van der Waals surface area contributed by atoms with Gasteiger partial charge in [-0.3, -0.25) is 9.59 Å². The Hall–Kier alpha value is -2.88. The summed E-state index contributed by atoms with van der Waals surface area (Å²) in [5.41, 5.74) is 0.0717. The second-order valence-corrected chi connectivity index (χ2v) is 8.91. The van der Waals surface area contributed by atoms with Crippen molar-refractivity contribution in [3.8, 4) is 0 Å². The zero-order valence-corrected chi connectivity index (χ0v) is 17.2. The quantitative estimate of drug-likeness (QED) is 0.637. The molecule has 0 radical (unpaired) electrons. The van der Waals surface area contributed by atoms with Crippen molar-refractivity contribution in [3.63, 3.8) is 0 Å². The Morgan fingerprint density at radius 1 is 1.07 bits per heavy atom. The minimum absolute atomic E-state index is 0.191. The summed E-state index contributed by atoms with van der Waals surface area (Å²) in [6.07, 6.45) is 1.59. The molecule has 0 saturated carbocycles. The summed E-state index contributed by atoms with van der Waals surface area (Å²) in [4.78, 5) is 26.3. The first kappa shape index (κ1) is 23.4. The summed E-state index contributed by atoms with van der Waals surface area (Å²) in [6.45, 7) is 1.53. The van der Waals surface area contributed by atoms with E-state index in [1.807, 2.05) is 0 Å². The summed E-state index contributed by atoms with van der Waals surface area (Å²) in [5.74, 6) is -6.19. The average molecular weight is 442 g/mol. The van der Waals surface area contributed by atoms with Crippen molar-refractivity contribution in [2.75, 3.05) is 24.7 Å². The van der Waals surface area contributed by atoms with Gasteiger partial charge in [-0.25, -0.2) is 21.6 Å². The maximum absolute atomic E-state index is 13.8. The molecule has 0 heterocycles. The number of rotatable bonds is 8. The van der Waals surface area contributed by atoms with Crippen LogP contribution in [-0.2, 0) is 20.4 Å². The normalized spacial score (nSPS) is 11.2. The van der Waals surface area contributed by atoms with Crippen LogP contribution in [0.15, 0.2) is 36.4 Å². The number of carbonyl (C=O) groups is 2. The molecular formula is C20H21F3N2O4S. The van der Waals surface area contributed by atoms with Gasteiger partial charge in [0.25, 0.3) is 5.91 Å². The number of benzene rings is 2. The van der Waals surface area contributed by atoms with Gasteiger partial charge in [-0.2, -0.15) is 0 Å². The third kappa shape index (κ3) is 6.31. The Morgan fingerprint density at radius 2 is 1.77 bits per heavy atom. The fraction of sp³-hybridized carbons (Fsp3) is 0.300. The van der Waals surface area contributed by atoms with Crippen LogP contribution in [0.2, 0.25) is 0 Å². The number of nitrogens with zero attached hydrogens (tertiary/aromatic N) is 1. The van der Waals surface area contributed by atoms with E-state index in [4.69, 9.17) is 0 Å². The molecule has 0 unspecified atom stereocenters. The largest absolute Gasteiger partial charge is 0.329 e. The molecule has 0 fully saturated rings. The number of sulfone groups is 1. The minimum Gasteiger partial charge on any atom is -0.329 e. The van der Waals surface area contributed by atoms with Crippen molar-refractivity contribution in [2.45, 2.75) is 19.1 Å². The summed E-state index contributed by atoms with van der Waals surface area (Å²) in [6, 6.07) is 7.58. The Labute approximate surface area is 172 Å². The molecule has 2 aromatic carbocycles. The van der Waals surface area contributed by atoms with E-state index in [2.05, 4.69) is 5.32 Å². The number of hydrogen-bond acceptors (Lipinski definition) is 4. The maximum Gasteiger partial charge on any atom is 0.254 e. The molecule has 6 nitrogen and oxygen atoms in total. The summed E-state index contributed by atoms with van der Waals surface area (Å²) in [5, 5.41) is 2.12. The van der Waals surface area contributed by atoms with E-state index in [0.29, 0.717) is 18.1 Å². The number of carbonyl (C=O) groups excluding carboxylic acids is 2. The van der Waals surface area contributed by atoms with Crippen LogP contribution in [0.5, 0.6) is 0 Å². The zero-order valence-electron chi connectivity index (χ0n) is 16.4. The number of anilines is 1. The average Bonchev–Trinajstić information content (AvgIpc) is 2.66. The van der Waals surface area contributed by atoms with E-state index in [-0.39, 0.29) is 17.9 Å². The fourth-order valence-corrected chi connectivity index (χ4v) is 3.57. The van der Waals surface area contributed by atoms with Gasteiger partial charge >= 0.3 is 0 Å². The first-order valence-electron chi connectivity index (χ1n) is 9.01. The molecule has 0 aliphatic rings. The predicted molar refractivity (Wildman–Crippen MR) is 106 cm³/mol. The number of halogens is 3. The lowest BCUT2D eigenvalue weighted by Crippen LogP contribution is -2.38. The van der Waals surface area contributed by atoms with Gasteiger partial charge in [0.15, 0.2) is 27.3 Å². The van der Waals surface area contributed by atoms with E-state index in [0.717, 1.165) is 12.3 Å². The lowest BCUT2D eigenvalue weighted by molar-refractivity contribution is -0.116. The van der Waals surface area contributed by atoms with Crippen molar-refractivity contribution in [2.24, 2.45) is 0 Å². The molecule has 0 aromatic heterocycles. The number of nitrogens with one attached hydrogen (secondary N) is 1. The van der Waals surface area contributed by atoms with Crippen LogP contribution in [0, 0.1) is 17.5 Å². The second-order valence-electron chi connectivity index (χ2n) is 6.77. The zero-order chi connectivity index (χ0) is 22.5. The molecule has 0 spiro atoms. The highest BCUT2D eigenvalue weighted by Gasteiger charge is 2.21. The molecule has 30 heavy (non-hydrogen) atoms. The van der Waals surface area contributed by atoms with Crippen molar-refractivity contribution in [3.05, 3.63) is 65.0 Å². The van der Waals surface area contributed by atoms with Gasteiger partial charge in [-0.15, -0.1) is 0 Å². The molecule has 2 aromatic rings. The number of hydrogen-bond donors (Lipinski definition) is 1. The summed E-state index contributed by atoms with van der Waals surface area (Å²) in [7, 11) is -3.30.